The van der Waals surface area contributed by atoms with Gasteiger partial charge in [-0.2, -0.15) is 0 Å². The van der Waals surface area contributed by atoms with Gasteiger partial charge in [0.2, 0.25) is 0 Å². The molecule has 1 aromatic carbocycles. The number of hydrogen-bond acceptors (Lipinski definition) is 4. The maximum atomic E-state index is 7.56. The number of allylic oxidation sites excluding steroid dienone is 2. The largest absolute Gasteiger partial charge is 0.369 e. The number of aromatic amines is 1. The summed E-state index contributed by atoms with van der Waals surface area (Å²) in [6, 6.07) is 8.66. The third-order valence-electron chi connectivity index (χ3n) is 4.69. The van der Waals surface area contributed by atoms with Gasteiger partial charge in [-0.05, 0) is 48.9 Å². The highest BCUT2D eigenvalue weighted by Crippen LogP contribution is 2.23. The fraction of sp³-hybridized carbons (Fsp3) is 0.333. The normalized spacial score (nSPS) is 15.5. The van der Waals surface area contributed by atoms with E-state index in [1.807, 2.05) is 6.20 Å². The molecule has 26 heavy (non-hydrogen) atoms. The van der Waals surface area contributed by atoms with Crippen molar-refractivity contribution < 1.29 is 0 Å². The van der Waals surface area contributed by atoms with E-state index in [-0.39, 0.29) is 0 Å². The highest BCUT2D eigenvalue weighted by molar-refractivity contribution is 6.03. The Morgan fingerprint density at radius 1 is 1.23 bits per heavy atom. The first-order valence-electron chi connectivity index (χ1n) is 9.21. The molecule has 1 aliphatic heterocycles. The van der Waals surface area contributed by atoms with Crippen LogP contribution in [-0.4, -0.2) is 53.3 Å². The summed E-state index contributed by atoms with van der Waals surface area (Å²) in [5, 5.41) is 7.56. The Bertz CT molecular complexity index is 764. The second kappa shape index (κ2) is 8.63. The molecule has 0 radical (unpaired) electrons. The van der Waals surface area contributed by atoms with Gasteiger partial charge in [0.1, 0.15) is 5.82 Å². The summed E-state index contributed by atoms with van der Waals surface area (Å²) in [6.07, 6.45) is 8.02. The molecular weight excluding hydrogens is 322 g/mol. The molecule has 0 aliphatic carbocycles. The van der Waals surface area contributed by atoms with Crippen LogP contribution in [0.3, 0.4) is 0 Å². The lowest BCUT2D eigenvalue weighted by Gasteiger charge is -2.36. The van der Waals surface area contributed by atoms with E-state index in [1.54, 1.807) is 12.2 Å². The van der Waals surface area contributed by atoms with Gasteiger partial charge in [0.25, 0.3) is 0 Å². The molecule has 5 heteroatoms. The molecule has 2 heterocycles. The maximum Gasteiger partial charge on any atom is 0.130 e. The van der Waals surface area contributed by atoms with Gasteiger partial charge >= 0.3 is 0 Å². The molecule has 0 unspecified atom stereocenters. The molecule has 2 aromatic rings. The first-order valence-corrected chi connectivity index (χ1v) is 9.21. The Morgan fingerprint density at radius 2 is 1.96 bits per heavy atom. The molecular formula is C21H27N5. The van der Waals surface area contributed by atoms with Gasteiger partial charge in [0.15, 0.2) is 0 Å². The second-order valence-electron chi connectivity index (χ2n) is 6.55. The molecule has 0 bridgehead atoms. The molecule has 1 aromatic heterocycles. The third kappa shape index (κ3) is 4.49. The second-order valence-corrected chi connectivity index (χ2v) is 6.55. The van der Waals surface area contributed by atoms with Crippen molar-refractivity contribution in [1.82, 2.24) is 14.9 Å². The van der Waals surface area contributed by atoms with Gasteiger partial charge < -0.3 is 15.3 Å². The number of anilines is 1. The van der Waals surface area contributed by atoms with Crippen molar-refractivity contribution in [2.75, 3.05) is 37.6 Å². The number of aromatic nitrogens is 2. The summed E-state index contributed by atoms with van der Waals surface area (Å²) >= 11 is 0. The smallest absolute Gasteiger partial charge is 0.130 e. The van der Waals surface area contributed by atoms with Gasteiger partial charge in [0, 0.05) is 31.9 Å². The number of rotatable bonds is 7. The zero-order chi connectivity index (χ0) is 18.4. The number of piperazine rings is 1. The molecule has 2 N–H and O–H groups in total. The quantitative estimate of drug-likeness (QED) is 0.747. The topological polar surface area (TPSA) is 59.0 Å². The van der Waals surface area contributed by atoms with Crippen LogP contribution in [0.15, 0.2) is 49.2 Å². The first-order chi connectivity index (χ1) is 12.7. The minimum atomic E-state index is 0.367. The van der Waals surface area contributed by atoms with Crippen LogP contribution in [0.4, 0.5) is 5.69 Å². The monoisotopic (exact) mass is 349 g/mol. The minimum absolute atomic E-state index is 0.367. The van der Waals surface area contributed by atoms with Crippen LogP contribution in [0.5, 0.6) is 0 Å². The number of nitrogens with one attached hydrogen (secondary N) is 2. The molecule has 1 fully saturated rings. The van der Waals surface area contributed by atoms with Crippen LogP contribution in [0.2, 0.25) is 0 Å². The molecule has 1 saturated heterocycles. The average Bonchev–Trinajstić information content (AvgIpc) is 3.16. The van der Waals surface area contributed by atoms with E-state index >= 15 is 0 Å². The van der Waals surface area contributed by atoms with E-state index < -0.39 is 0 Å². The Kier molecular flexibility index (Phi) is 6.02. The summed E-state index contributed by atoms with van der Waals surface area (Å²) in [5.41, 5.74) is 3.74. The molecule has 136 valence electrons. The number of benzene rings is 1. The van der Waals surface area contributed by atoms with Crippen molar-refractivity contribution in [3.05, 3.63) is 55.0 Å². The van der Waals surface area contributed by atoms with Crippen LogP contribution in [-0.2, 0) is 0 Å². The summed E-state index contributed by atoms with van der Waals surface area (Å²) in [7, 11) is 0. The van der Waals surface area contributed by atoms with Crippen LogP contribution in [0.1, 0.15) is 19.2 Å². The van der Waals surface area contributed by atoms with Crippen molar-refractivity contribution in [1.29, 1.82) is 5.41 Å². The van der Waals surface area contributed by atoms with Gasteiger partial charge in [-0.25, -0.2) is 4.98 Å². The van der Waals surface area contributed by atoms with Crippen molar-refractivity contribution >= 4 is 17.5 Å². The molecule has 0 spiro atoms. The van der Waals surface area contributed by atoms with E-state index in [9.17, 15) is 0 Å². The fourth-order valence-electron chi connectivity index (χ4n) is 3.20. The molecule has 5 nitrogen and oxygen atoms in total. The Labute approximate surface area is 155 Å². The Balaban J connectivity index is 1.63. The van der Waals surface area contributed by atoms with Crippen LogP contribution in [0.25, 0.3) is 17.3 Å². The standard InChI is InChI=1S/C21H27N5/c1-3-11-25-12-14-26(15-13-25)19-8-5-17(6-9-19)20-16-23-21(24-20)10-7-18(22)4-2/h4-10,16,22H,2-3,11-15H2,1H3,(H,23,24)/b10-7-,22-18?. The maximum absolute atomic E-state index is 7.56. The van der Waals surface area contributed by atoms with Crippen molar-refractivity contribution in [2.45, 2.75) is 13.3 Å². The molecule has 3 rings (SSSR count). The lowest BCUT2D eigenvalue weighted by atomic mass is 10.1. The molecule has 0 amide bonds. The third-order valence-corrected chi connectivity index (χ3v) is 4.69. The van der Waals surface area contributed by atoms with E-state index in [4.69, 9.17) is 5.41 Å². The van der Waals surface area contributed by atoms with Crippen LogP contribution < -0.4 is 4.90 Å². The Hall–Kier alpha value is -2.66. The predicted molar refractivity (Wildman–Crippen MR) is 110 cm³/mol. The van der Waals surface area contributed by atoms with Crippen molar-refractivity contribution in [3.8, 4) is 11.3 Å². The summed E-state index contributed by atoms with van der Waals surface area (Å²) in [4.78, 5) is 12.6. The number of hydrogen-bond donors (Lipinski definition) is 2. The molecule has 0 saturated carbocycles. The fourth-order valence-corrected chi connectivity index (χ4v) is 3.20. The Morgan fingerprint density at radius 3 is 2.62 bits per heavy atom. The van der Waals surface area contributed by atoms with Gasteiger partial charge in [0.05, 0.1) is 17.6 Å². The summed E-state index contributed by atoms with van der Waals surface area (Å²) in [5.74, 6) is 0.739. The number of imidazole rings is 1. The lowest BCUT2D eigenvalue weighted by Crippen LogP contribution is -2.46. The first kappa shape index (κ1) is 18.1. The van der Waals surface area contributed by atoms with Crippen LogP contribution >= 0.6 is 0 Å². The molecule has 1 aliphatic rings. The van der Waals surface area contributed by atoms with Crippen LogP contribution in [0, 0.1) is 5.41 Å². The van der Waals surface area contributed by atoms with E-state index in [0.717, 1.165) is 43.3 Å². The SMILES string of the molecule is C=CC(=N)/C=C\c1ncc(-c2ccc(N3CCN(CCC)CC3)cc2)[nH]1. The minimum Gasteiger partial charge on any atom is -0.369 e. The number of H-pyrrole nitrogens is 1. The number of nitrogens with zero attached hydrogens (tertiary/aromatic N) is 3. The van der Waals surface area contributed by atoms with Gasteiger partial charge in [-0.1, -0.05) is 25.6 Å². The predicted octanol–water partition coefficient (Wildman–Crippen LogP) is 3.83. The zero-order valence-electron chi connectivity index (χ0n) is 15.4. The van der Waals surface area contributed by atoms with Crippen molar-refractivity contribution in [3.63, 3.8) is 0 Å². The van der Waals surface area contributed by atoms with Gasteiger partial charge in [-0.15, -0.1) is 0 Å². The molecule has 0 atom stereocenters. The van der Waals surface area contributed by atoms with Crippen molar-refractivity contribution in [2.24, 2.45) is 0 Å². The van der Waals surface area contributed by atoms with E-state index in [1.165, 1.54) is 24.7 Å². The summed E-state index contributed by atoms with van der Waals surface area (Å²) in [6.45, 7) is 11.5. The van der Waals surface area contributed by atoms with E-state index in [2.05, 4.69) is 57.5 Å². The highest BCUT2D eigenvalue weighted by Gasteiger charge is 2.16. The van der Waals surface area contributed by atoms with Gasteiger partial charge in [-0.3, -0.25) is 4.90 Å². The van der Waals surface area contributed by atoms with E-state index in [0.29, 0.717) is 5.71 Å². The lowest BCUT2D eigenvalue weighted by molar-refractivity contribution is 0.258. The highest BCUT2D eigenvalue weighted by atomic mass is 15.3. The summed E-state index contributed by atoms with van der Waals surface area (Å²) < 4.78 is 0. The average molecular weight is 349 g/mol. The zero-order valence-corrected chi connectivity index (χ0v) is 15.4.